The van der Waals surface area contributed by atoms with Gasteiger partial charge in [-0.2, -0.15) is 5.10 Å². The first-order chi connectivity index (χ1) is 13.6. The lowest BCUT2D eigenvalue weighted by Gasteiger charge is -2.12. The molecule has 0 aliphatic carbocycles. The number of hydrogen-bond acceptors (Lipinski definition) is 4. The fraction of sp³-hybridized carbons (Fsp3) is 0.286. The van der Waals surface area contributed by atoms with E-state index < -0.39 is 9.52 Å². The molecule has 0 saturated carbocycles. The van der Waals surface area contributed by atoms with Crippen LogP contribution in [0.5, 0.6) is 5.75 Å². The molecular formula is C21H26N4O2S2. The minimum absolute atomic E-state index is 0.160. The number of hydrogen-bond donors (Lipinski definition) is 3. The molecule has 0 aliphatic heterocycles. The third-order valence-electron chi connectivity index (χ3n) is 4.40. The average Bonchev–Trinajstić information content (AvgIpc) is 3.01. The molecule has 0 saturated heterocycles. The van der Waals surface area contributed by atoms with E-state index in [1.807, 2.05) is 30.3 Å². The average molecular weight is 431 g/mol. The number of H-pyrrole nitrogens is 1. The van der Waals surface area contributed by atoms with Crippen molar-refractivity contribution in [2.75, 3.05) is 11.6 Å². The van der Waals surface area contributed by atoms with E-state index >= 15 is 0 Å². The fourth-order valence-electron chi connectivity index (χ4n) is 3.10. The zero-order valence-electron chi connectivity index (χ0n) is 16.8. The van der Waals surface area contributed by atoms with Gasteiger partial charge >= 0.3 is 0 Å². The second-order valence-electron chi connectivity index (χ2n) is 7.61. The molecule has 3 aromatic rings. The highest BCUT2D eigenvalue weighted by Gasteiger charge is 2.14. The highest BCUT2D eigenvalue weighted by Crippen LogP contribution is 2.32. The van der Waals surface area contributed by atoms with Gasteiger partial charge in [-0.3, -0.25) is 9.31 Å². The van der Waals surface area contributed by atoms with Crippen molar-refractivity contribution < 1.29 is 8.95 Å². The van der Waals surface area contributed by atoms with Crippen molar-refractivity contribution in [2.45, 2.75) is 31.8 Å². The molecule has 1 aromatic heterocycles. The van der Waals surface area contributed by atoms with Crippen LogP contribution in [0.1, 0.15) is 25.0 Å². The Hall–Kier alpha value is -2.58. The van der Waals surface area contributed by atoms with Gasteiger partial charge < -0.3 is 15.8 Å². The van der Waals surface area contributed by atoms with Gasteiger partial charge in [-0.05, 0) is 75.3 Å². The molecule has 154 valence electrons. The van der Waals surface area contributed by atoms with Gasteiger partial charge in [0.1, 0.15) is 17.9 Å². The van der Waals surface area contributed by atoms with E-state index in [1.165, 1.54) is 0 Å². The second-order valence-corrected chi connectivity index (χ2v) is 10.5. The van der Waals surface area contributed by atoms with Crippen LogP contribution in [-0.2, 0) is 22.5 Å². The molecule has 4 N–H and O–H groups in total. The summed E-state index contributed by atoms with van der Waals surface area (Å²) in [5.41, 5.74) is 8.52. The molecule has 0 aliphatic rings. The molecule has 0 bridgehead atoms. The molecule has 0 fully saturated rings. The monoisotopic (exact) mass is 430 g/mol. The van der Waals surface area contributed by atoms with Crippen LogP contribution in [0.25, 0.3) is 10.9 Å². The zero-order valence-corrected chi connectivity index (χ0v) is 18.5. The molecule has 1 unspecified atom stereocenters. The van der Waals surface area contributed by atoms with E-state index in [0.29, 0.717) is 24.1 Å². The van der Waals surface area contributed by atoms with Crippen molar-refractivity contribution >= 4 is 49.4 Å². The normalized spacial score (nSPS) is 13.4. The number of fused-ring (bicyclic) bond motifs is 1. The molecule has 6 nitrogen and oxygen atoms in total. The maximum atomic E-state index is 12.1. The van der Waals surface area contributed by atoms with Gasteiger partial charge in [-0.25, -0.2) is 0 Å². The minimum atomic E-state index is -2.22. The standard InChI is InChI=1S/C21H26N4O2S2/c1-13(2)9-15-10-17-19(24-25-20(17)23-21(22)28)18(11-15)27-12-14-5-7-16(8-6-14)29(3,4)26/h5-8,10-11,13H,3,9,12H2,1-2,4H3,(H4,22,23,24,25,28). The van der Waals surface area contributed by atoms with Crippen LogP contribution < -0.4 is 15.8 Å². The van der Waals surface area contributed by atoms with Crippen LogP contribution in [0.15, 0.2) is 41.3 Å². The van der Waals surface area contributed by atoms with Gasteiger partial charge in [0.05, 0.1) is 0 Å². The molecule has 0 amide bonds. The van der Waals surface area contributed by atoms with Crippen molar-refractivity contribution in [1.29, 1.82) is 0 Å². The lowest BCUT2D eigenvalue weighted by atomic mass is 10.0. The molecule has 3 rings (SSSR count). The Bertz CT molecular complexity index is 1130. The van der Waals surface area contributed by atoms with Crippen LogP contribution in [-0.4, -0.2) is 31.6 Å². The Morgan fingerprint density at radius 1 is 1.31 bits per heavy atom. The number of aromatic nitrogens is 2. The van der Waals surface area contributed by atoms with Crippen LogP contribution >= 0.6 is 12.2 Å². The number of aromatic amines is 1. The van der Waals surface area contributed by atoms with Gasteiger partial charge in [0, 0.05) is 16.5 Å². The summed E-state index contributed by atoms with van der Waals surface area (Å²) in [5.74, 6) is 5.51. The van der Waals surface area contributed by atoms with E-state index in [-0.39, 0.29) is 5.11 Å². The lowest BCUT2D eigenvalue weighted by molar-refractivity contribution is 0.309. The number of rotatable bonds is 7. The summed E-state index contributed by atoms with van der Waals surface area (Å²) in [5, 5.41) is 11.2. The van der Waals surface area contributed by atoms with E-state index in [4.69, 9.17) is 22.7 Å². The van der Waals surface area contributed by atoms with Gasteiger partial charge in [0.15, 0.2) is 10.9 Å². The molecule has 1 heterocycles. The largest absolute Gasteiger partial charge is 0.487 e. The van der Waals surface area contributed by atoms with Gasteiger partial charge in [-0.1, -0.05) is 26.0 Å². The Balaban J connectivity index is 1.90. The maximum Gasteiger partial charge on any atom is 0.169 e. The molecule has 0 spiro atoms. The first kappa shape index (κ1) is 21.1. The molecule has 29 heavy (non-hydrogen) atoms. The fourth-order valence-corrected chi connectivity index (χ4v) is 3.90. The van der Waals surface area contributed by atoms with Gasteiger partial charge in [0.25, 0.3) is 0 Å². The van der Waals surface area contributed by atoms with Crippen LogP contribution in [0, 0.1) is 5.92 Å². The third-order valence-corrected chi connectivity index (χ3v) is 5.77. The summed E-state index contributed by atoms with van der Waals surface area (Å²) >= 11 is 4.95. The lowest BCUT2D eigenvalue weighted by Crippen LogP contribution is -2.19. The second kappa shape index (κ2) is 8.42. The van der Waals surface area contributed by atoms with Crippen LogP contribution in [0.4, 0.5) is 5.82 Å². The van der Waals surface area contributed by atoms with Crippen molar-refractivity contribution in [1.82, 2.24) is 10.2 Å². The summed E-state index contributed by atoms with van der Waals surface area (Å²) in [7, 11) is -2.22. The molecule has 8 heteroatoms. The molecule has 2 aromatic carbocycles. The Morgan fingerprint density at radius 2 is 2.00 bits per heavy atom. The van der Waals surface area contributed by atoms with Crippen molar-refractivity contribution in [2.24, 2.45) is 11.7 Å². The van der Waals surface area contributed by atoms with E-state index in [9.17, 15) is 4.21 Å². The Kier molecular flexibility index (Phi) is 6.14. The number of nitrogens with one attached hydrogen (secondary N) is 2. The summed E-state index contributed by atoms with van der Waals surface area (Å²) in [6.07, 6.45) is 2.54. The van der Waals surface area contributed by atoms with E-state index in [0.717, 1.165) is 33.3 Å². The predicted molar refractivity (Wildman–Crippen MR) is 125 cm³/mol. The number of nitrogens with two attached hydrogens (primary N) is 1. The van der Waals surface area contributed by atoms with Crippen molar-refractivity contribution in [3.8, 4) is 5.75 Å². The summed E-state index contributed by atoms with van der Waals surface area (Å²) in [6, 6.07) is 11.6. The number of anilines is 1. The Morgan fingerprint density at radius 3 is 2.59 bits per heavy atom. The highest BCUT2D eigenvalue weighted by molar-refractivity contribution is 7.99. The molecule has 0 radical (unpaired) electrons. The summed E-state index contributed by atoms with van der Waals surface area (Å²) in [6.45, 7) is 4.72. The minimum Gasteiger partial charge on any atom is -0.487 e. The van der Waals surface area contributed by atoms with E-state index in [2.05, 4.69) is 41.3 Å². The third kappa shape index (κ3) is 5.27. The zero-order chi connectivity index (χ0) is 21.2. The number of ether oxygens (including phenoxy) is 1. The number of benzene rings is 2. The number of nitrogens with zero attached hydrogens (tertiary/aromatic N) is 1. The smallest absolute Gasteiger partial charge is 0.169 e. The van der Waals surface area contributed by atoms with Crippen molar-refractivity contribution in [3.63, 3.8) is 0 Å². The summed E-state index contributed by atoms with van der Waals surface area (Å²) in [4.78, 5) is 0.726. The molecule has 1 atom stereocenters. The predicted octanol–water partition coefficient (Wildman–Crippen LogP) is 3.70. The molecular weight excluding hydrogens is 404 g/mol. The van der Waals surface area contributed by atoms with Crippen LogP contribution in [0.2, 0.25) is 0 Å². The van der Waals surface area contributed by atoms with Gasteiger partial charge in [0.2, 0.25) is 0 Å². The maximum absolute atomic E-state index is 12.1. The topological polar surface area (TPSA) is 93.0 Å². The van der Waals surface area contributed by atoms with Gasteiger partial charge in [-0.15, -0.1) is 0 Å². The summed E-state index contributed by atoms with van der Waals surface area (Å²) < 4.78 is 18.2. The highest BCUT2D eigenvalue weighted by atomic mass is 32.2. The Labute approximate surface area is 176 Å². The SMILES string of the molecule is C=S(C)(=O)c1ccc(COc2cc(CC(C)C)cc3c(NC(N)=S)n[nH]c23)cc1. The number of thiocarbonyl (C=S) groups is 1. The first-order valence-electron chi connectivity index (χ1n) is 9.25. The quantitative estimate of drug-likeness (QED) is 0.495. The van der Waals surface area contributed by atoms with E-state index in [1.54, 1.807) is 6.26 Å². The first-order valence-corrected chi connectivity index (χ1v) is 11.8. The van der Waals surface area contributed by atoms with Crippen molar-refractivity contribution in [3.05, 3.63) is 47.5 Å². The van der Waals surface area contributed by atoms with Crippen LogP contribution in [0.3, 0.4) is 0 Å².